The minimum Gasteiger partial charge on any atom is -0.486 e. The molecule has 5 rings (SSSR count). The number of carbonyl (C=O) groups is 2. The van der Waals surface area contributed by atoms with Crippen molar-refractivity contribution in [2.24, 2.45) is 0 Å². The highest BCUT2D eigenvalue weighted by atomic mass is 16.6. The molecule has 2 N–H and O–H groups in total. The molecule has 11 heteroatoms. The Morgan fingerprint density at radius 2 is 1.14 bits per heavy atom. The van der Waals surface area contributed by atoms with E-state index in [4.69, 9.17) is 18.9 Å². The second-order valence-corrected chi connectivity index (χ2v) is 7.61. The highest BCUT2D eigenvalue weighted by molar-refractivity contribution is 6.15. The number of anilines is 2. The van der Waals surface area contributed by atoms with Crippen molar-refractivity contribution in [1.82, 2.24) is 0 Å². The average Bonchev–Trinajstić information content (AvgIpc) is 2.88. The van der Waals surface area contributed by atoms with Gasteiger partial charge in [0.25, 0.3) is 17.5 Å². The summed E-state index contributed by atoms with van der Waals surface area (Å²) in [7, 11) is 0. The standard InChI is InChI=1S/C24H19N3O8/c28-23(25-14-1-5-19-21(11-14)34-9-7-32-19)17-4-3-16(27(30)31)13-18(17)24(29)26-15-2-6-20-22(12-15)35-10-8-33-20/h1-6,11-13H,7-10H2,(H,25,28)(H,26,29). The predicted molar refractivity (Wildman–Crippen MR) is 124 cm³/mol. The van der Waals surface area contributed by atoms with Crippen molar-refractivity contribution in [1.29, 1.82) is 0 Å². The Kier molecular flexibility index (Phi) is 5.80. The minimum absolute atomic E-state index is 0.0412. The van der Waals surface area contributed by atoms with Gasteiger partial charge in [-0.25, -0.2) is 0 Å². The van der Waals surface area contributed by atoms with E-state index in [2.05, 4.69) is 10.6 Å². The van der Waals surface area contributed by atoms with Gasteiger partial charge in [0.1, 0.15) is 26.4 Å². The Hall–Kier alpha value is -4.80. The van der Waals surface area contributed by atoms with Crippen LogP contribution in [0.5, 0.6) is 23.0 Å². The fourth-order valence-corrected chi connectivity index (χ4v) is 3.67. The Labute approximate surface area is 198 Å². The summed E-state index contributed by atoms with van der Waals surface area (Å²) in [6.45, 7) is 1.62. The molecule has 2 heterocycles. The summed E-state index contributed by atoms with van der Waals surface area (Å²) in [6, 6.07) is 13.2. The molecule has 0 aromatic heterocycles. The van der Waals surface area contributed by atoms with Crippen LogP contribution < -0.4 is 29.6 Å². The molecule has 2 aliphatic heterocycles. The van der Waals surface area contributed by atoms with Gasteiger partial charge in [-0.3, -0.25) is 19.7 Å². The van der Waals surface area contributed by atoms with Crippen LogP contribution in [0.4, 0.5) is 17.1 Å². The molecule has 3 aromatic carbocycles. The lowest BCUT2D eigenvalue weighted by Gasteiger charge is -2.19. The third kappa shape index (κ3) is 4.64. The smallest absolute Gasteiger partial charge is 0.270 e. The third-order valence-electron chi connectivity index (χ3n) is 5.30. The Morgan fingerprint density at radius 3 is 1.66 bits per heavy atom. The first-order chi connectivity index (χ1) is 17.0. The van der Waals surface area contributed by atoms with Crippen LogP contribution in [0.25, 0.3) is 0 Å². The molecule has 3 aromatic rings. The maximum atomic E-state index is 13.1. The van der Waals surface area contributed by atoms with Crippen LogP contribution in [0, 0.1) is 10.1 Å². The van der Waals surface area contributed by atoms with Crippen molar-refractivity contribution in [2.75, 3.05) is 37.1 Å². The fourth-order valence-electron chi connectivity index (χ4n) is 3.67. The van der Waals surface area contributed by atoms with E-state index in [9.17, 15) is 19.7 Å². The number of amides is 2. The second kappa shape index (κ2) is 9.21. The molecule has 11 nitrogen and oxygen atoms in total. The van der Waals surface area contributed by atoms with Gasteiger partial charge in [-0.1, -0.05) is 0 Å². The van der Waals surface area contributed by atoms with Crippen LogP contribution in [-0.2, 0) is 0 Å². The van der Waals surface area contributed by atoms with E-state index in [1.54, 1.807) is 36.4 Å². The molecule has 0 atom stereocenters. The molecule has 0 saturated heterocycles. The quantitative estimate of drug-likeness (QED) is 0.420. The molecule has 35 heavy (non-hydrogen) atoms. The summed E-state index contributed by atoms with van der Waals surface area (Å²) in [6.07, 6.45) is 0. The van der Waals surface area contributed by atoms with Crippen LogP contribution in [-0.4, -0.2) is 43.2 Å². The maximum absolute atomic E-state index is 13.1. The summed E-state index contributed by atoms with van der Waals surface area (Å²) < 4.78 is 22.0. The van der Waals surface area contributed by atoms with Gasteiger partial charge in [0, 0.05) is 35.6 Å². The number of nitrogens with zero attached hydrogens (tertiary/aromatic N) is 1. The Bertz CT molecular complexity index is 1340. The van der Waals surface area contributed by atoms with E-state index in [0.717, 1.165) is 6.07 Å². The molecule has 0 spiro atoms. The predicted octanol–water partition coefficient (Wildman–Crippen LogP) is 3.64. The first kappa shape index (κ1) is 22.0. The van der Waals surface area contributed by atoms with Gasteiger partial charge in [0.2, 0.25) is 0 Å². The summed E-state index contributed by atoms with van der Waals surface area (Å²) in [5.41, 5.74) is 0.262. The van der Waals surface area contributed by atoms with E-state index < -0.39 is 16.7 Å². The number of hydrogen-bond acceptors (Lipinski definition) is 8. The maximum Gasteiger partial charge on any atom is 0.270 e. The summed E-state index contributed by atoms with van der Waals surface area (Å²) >= 11 is 0. The van der Waals surface area contributed by atoms with E-state index in [1.165, 1.54) is 12.1 Å². The lowest BCUT2D eigenvalue weighted by atomic mass is 10.0. The van der Waals surface area contributed by atoms with Gasteiger partial charge in [-0.05, 0) is 30.3 Å². The summed E-state index contributed by atoms with van der Waals surface area (Å²) in [5.74, 6) is 0.730. The number of fused-ring (bicyclic) bond motifs is 2. The van der Waals surface area contributed by atoms with Gasteiger partial charge in [0.15, 0.2) is 23.0 Å². The fraction of sp³-hybridized carbons (Fsp3) is 0.167. The Balaban J connectivity index is 1.41. The number of benzene rings is 3. The first-order valence-corrected chi connectivity index (χ1v) is 10.7. The number of carbonyl (C=O) groups excluding carboxylic acids is 2. The molecular weight excluding hydrogens is 458 g/mol. The SMILES string of the molecule is O=C(Nc1ccc2c(c1)OCCO2)c1ccc([N+](=O)[O-])cc1C(=O)Nc1ccc2c(c1)OCCO2. The largest absolute Gasteiger partial charge is 0.486 e. The first-order valence-electron chi connectivity index (χ1n) is 10.7. The number of ether oxygens (including phenoxy) is 4. The number of hydrogen-bond donors (Lipinski definition) is 2. The molecule has 0 unspecified atom stereocenters. The zero-order valence-electron chi connectivity index (χ0n) is 18.2. The minimum atomic E-state index is -0.697. The molecule has 2 aliphatic rings. The monoisotopic (exact) mass is 477 g/mol. The van der Waals surface area contributed by atoms with Crippen molar-refractivity contribution in [3.05, 3.63) is 75.8 Å². The van der Waals surface area contributed by atoms with Crippen LogP contribution in [0.1, 0.15) is 20.7 Å². The van der Waals surface area contributed by atoms with Gasteiger partial charge in [-0.15, -0.1) is 0 Å². The number of rotatable bonds is 5. The van der Waals surface area contributed by atoms with Crippen molar-refractivity contribution in [3.8, 4) is 23.0 Å². The molecule has 0 saturated carbocycles. The summed E-state index contributed by atoms with van der Waals surface area (Å²) in [5, 5.41) is 16.7. The summed E-state index contributed by atoms with van der Waals surface area (Å²) in [4.78, 5) is 36.9. The highest BCUT2D eigenvalue weighted by Gasteiger charge is 2.23. The molecule has 0 radical (unpaired) electrons. The second-order valence-electron chi connectivity index (χ2n) is 7.61. The number of nitro groups is 1. The van der Waals surface area contributed by atoms with E-state index in [0.29, 0.717) is 60.8 Å². The molecule has 178 valence electrons. The van der Waals surface area contributed by atoms with Crippen LogP contribution >= 0.6 is 0 Å². The van der Waals surface area contributed by atoms with Crippen molar-refractivity contribution in [2.45, 2.75) is 0 Å². The zero-order valence-corrected chi connectivity index (χ0v) is 18.2. The van der Waals surface area contributed by atoms with E-state index in [1.807, 2.05) is 0 Å². The molecule has 0 bridgehead atoms. The van der Waals surface area contributed by atoms with Crippen molar-refractivity contribution < 1.29 is 33.5 Å². The van der Waals surface area contributed by atoms with Crippen molar-refractivity contribution >= 4 is 28.9 Å². The van der Waals surface area contributed by atoms with Gasteiger partial charge in [0.05, 0.1) is 16.1 Å². The Morgan fingerprint density at radius 1 is 0.657 bits per heavy atom. The van der Waals surface area contributed by atoms with Crippen LogP contribution in [0.15, 0.2) is 54.6 Å². The van der Waals surface area contributed by atoms with Gasteiger partial charge >= 0.3 is 0 Å². The lowest BCUT2D eigenvalue weighted by Crippen LogP contribution is -2.21. The normalized spacial score (nSPS) is 13.5. The topological polar surface area (TPSA) is 138 Å². The average molecular weight is 477 g/mol. The number of nitro benzene ring substituents is 1. The van der Waals surface area contributed by atoms with E-state index in [-0.39, 0.29) is 16.8 Å². The van der Waals surface area contributed by atoms with Crippen molar-refractivity contribution in [3.63, 3.8) is 0 Å². The highest BCUT2D eigenvalue weighted by Crippen LogP contribution is 2.34. The molecular formula is C24H19N3O8. The molecule has 2 amide bonds. The number of non-ortho nitro benzene ring substituents is 1. The van der Waals surface area contributed by atoms with Gasteiger partial charge in [-0.2, -0.15) is 0 Å². The van der Waals surface area contributed by atoms with Gasteiger partial charge < -0.3 is 29.6 Å². The molecule has 0 fully saturated rings. The third-order valence-corrected chi connectivity index (χ3v) is 5.30. The molecule has 0 aliphatic carbocycles. The lowest BCUT2D eigenvalue weighted by molar-refractivity contribution is -0.384. The van der Waals surface area contributed by atoms with Crippen LogP contribution in [0.2, 0.25) is 0 Å². The van der Waals surface area contributed by atoms with Crippen LogP contribution in [0.3, 0.4) is 0 Å². The number of nitrogens with one attached hydrogen (secondary N) is 2. The van der Waals surface area contributed by atoms with E-state index >= 15 is 0 Å². The zero-order chi connectivity index (χ0) is 24.4.